The number of rotatable bonds is 4. The number of halogens is 1. The lowest BCUT2D eigenvalue weighted by Crippen LogP contribution is -2.32. The van der Waals surface area contributed by atoms with Crippen molar-refractivity contribution < 1.29 is 14.6 Å². The zero-order chi connectivity index (χ0) is 11.3. The number of amides is 1. The molecular formula is C10H12BrNO3. The number of hydrogen-bond donors (Lipinski definition) is 1. The lowest BCUT2D eigenvalue weighted by atomic mass is 10.3. The van der Waals surface area contributed by atoms with Gasteiger partial charge in [0.2, 0.25) is 0 Å². The summed E-state index contributed by atoms with van der Waals surface area (Å²) in [6.45, 7) is 2.22. The van der Waals surface area contributed by atoms with E-state index in [-0.39, 0.29) is 6.73 Å². The van der Waals surface area contributed by atoms with Crippen LogP contribution in [0.15, 0.2) is 28.7 Å². The quantitative estimate of drug-likeness (QED) is 0.859. The molecule has 0 spiro atoms. The molecule has 0 aliphatic heterocycles. The van der Waals surface area contributed by atoms with Gasteiger partial charge in [-0.05, 0) is 31.2 Å². The highest BCUT2D eigenvalue weighted by atomic mass is 79.9. The fourth-order valence-electron chi connectivity index (χ4n) is 0.965. The van der Waals surface area contributed by atoms with Crippen molar-refractivity contribution in [2.24, 2.45) is 0 Å². The Labute approximate surface area is 96.6 Å². The van der Waals surface area contributed by atoms with Crippen molar-refractivity contribution in [3.05, 3.63) is 28.7 Å². The van der Waals surface area contributed by atoms with E-state index in [0.717, 1.165) is 4.47 Å². The summed E-state index contributed by atoms with van der Waals surface area (Å²) in [5, 5.41) is 8.73. The van der Waals surface area contributed by atoms with Crippen molar-refractivity contribution in [2.75, 3.05) is 13.3 Å². The first-order valence-corrected chi connectivity index (χ1v) is 5.29. The molecule has 0 aliphatic carbocycles. The summed E-state index contributed by atoms with van der Waals surface area (Å²) in [4.78, 5) is 11.8. The van der Waals surface area contributed by atoms with E-state index in [1.54, 1.807) is 19.1 Å². The number of ether oxygens (including phenoxy) is 1. The average molecular weight is 274 g/mol. The Kier molecular flexibility index (Phi) is 4.42. The first-order valence-electron chi connectivity index (χ1n) is 4.49. The Morgan fingerprint density at radius 3 is 2.53 bits per heavy atom. The molecule has 0 aromatic heterocycles. The molecule has 5 heteroatoms. The Morgan fingerprint density at radius 2 is 2.07 bits per heavy atom. The van der Waals surface area contributed by atoms with Crippen molar-refractivity contribution in [1.29, 1.82) is 0 Å². The monoisotopic (exact) mass is 273 g/mol. The molecule has 0 unspecified atom stereocenters. The fraction of sp³-hybridized carbons (Fsp3) is 0.300. The molecule has 15 heavy (non-hydrogen) atoms. The summed E-state index contributed by atoms with van der Waals surface area (Å²) in [6, 6.07) is 7.23. The Balaban J connectivity index is 2.49. The van der Waals surface area contributed by atoms with Crippen LogP contribution in [0.5, 0.6) is 5.75 Å². The molecule has 1 aromatic carbocycles. The van der Waals surface area contributed by atoms with Gasteiger partial charge >= 0.3 is 6.09 Å². The predicted molar refractivity (Wildman–Crippen MR) is 60.0 cm³/mol. The maximum absolute atomic E-state index is 10.6. The lowest BCUT2D eigenvalue weighted by molar-refractivity contribution is 0.102. The van der Waals surface area contributed by atoms with Gasteiger partial charge in [-0.1, -0.05) is 15.9 Å². The van der Waals surface area contributed by atoms with Crippen LogP contribution in [0.2, 0.25) is 0 Å². The Morgan fingerprint density at radius 1 is 1.47 bits per heavy atom. The zero-order valence-corrected chi connectivity index (χ0v) is 9.90. The fourth-order valence-corrected chi connectivity index (χ4v) is 1.23. The Bertz CT molecular complexity index is 326. The van der Waals surface area contributed by atoms with E-state index in [4.69, 9.17) is 9.84 Å². The second-order valence-corrected chi connectivity index (χ2v) is 3.78. The van der Waals surface area contributed by atoms with Crippen LogP contribution in [0.1, 0.15) is 6.92 Å². The third-order valence-corrected chi connectivity index (χ3v) is 2.38. The van der Waals surface area contributed by atoms with Gasteiger partial charge in [-0.15, -0.1) is 0 Å². The molecule has 0 aliphatic rings. The number of nitrogens with zero attached hydrogens (tertiary/aromatic N) is 1. The molecule has 0 atom stereocenters. The van der Waals surface area contributed by atoms with E-state index in [1.807, 2.05) is 12.1 Å². The number of benzene rings is 1. The van der Waals surface area contributed by atoms with Crippen LogP contribution in [0.3, 0.4) is 0 Å². The zero-order valence-electron chi connectivity index (χ0n) is 8.31. The summed E-state index contributed by atoms with van der Waals surface area (Å²) in [5.74, 6) is 0.651. The summed E-state index contributed by atoms with van der Waals surface area (Å²) in [7, 11) is 0. The lowest BCUT2D eigenvalue weighted by Gasteiger charge is -2.17. The molecule has 82 valence electrons. The average Bonchev–Trinajstić information content (AvgIpc) is 2.21. The van der Waals surface area contributed by atoms with Gasteiger partial charge in [-0.2, -0.15) is 0 Å². The molecule has 1 rings (SSSR count). The molecule has 0 bridgehead atoms. The minimum absolute atomic E-state index is 0.0491. The van der Waals surface area contributed by atoms with E-state index >= 15 is 0 Å². The first kappa shape index (κ1) is 11.8. The van der Waals surface area contributed by atoms with E-state index in [1.165, 1.54) is 4.90 Å². The van der Waals surface area contributed by atoms with Gasteiger partial charge in [0.25, 0.3) is 0 Å². The van der Waals surface area contributed by atoms with Crippen LogP contribution in [0, 0.1) is 0 Å². The van der Waals surface area contributed by atoms with Crippen molar-refractivity contribution in [3.63, 3.8) is 0 Å². The highest BCUT2D eigenvalue weighted by Gasteiger charge is 2.08. The third kappa shape index (κ3) is 3.79. The highest BCUT2D eigenvalue weighted by molar-refractivity contribution is 9.10. The van der Waals surface area contributed by atoms with Crippen LogP contribution in [-0.2, 0) is 0 Å². The largest absolute Gasteiger partial charge is 0.473 e. The smallest absolute Gasteiger partial charge is 0.409 e. The molecule has 0 saturated carbocycles. The van der Waals surface area contributed by atoms with Crippen LogP contribution in [-0.4, -0.2) is 29.4 Å². The van der Waals surface area contributed by atoms with E-state index < -0.39 is 6.09 Å². The number of carboxylic acid groups (broad SMARTS) is 1. The summed E-state index contributed by atoms with van der Waals surface area (Å²) in [5.41, 5.74) is 0. The van der Waals surface area contributed by atoms with Crippen molar-refractivity contribution in [2.45, 2.75) is 6.92 Å². The van der Waals surface area contributed by atoms with E-state index in [2.05, 4.69) is 15.9 Å². The molecule has 1 N–H and O–H groups in total. The molecule has 4 nitrogen and oxygen atoms in total. The van der Waals surface area contributed by atoms with Crippen LogP contribution in [0.25, 0.3) is 0 Å². The molecule has 0 saturated heterocycles. The van der Waals surface area contributed by atoms with Gasteiger partial charge in [-0.25, -0.2) is 4.79 Å². The Hall–Kier alpha value is -1.23. The summed E-state index contributed by atoms with van der Waals surface area (Å²) < 4.78 is 6.26. The topological polar surface area (TPSA) is 49.8 Å². The summed E-state index contributed by atoms with van der Waals surface area (Å²) >= 11 is 3.30. The van der Waals surface area contributed by atoms with Gasteiger partial charge in [0, 0.05) is 11.0 Å². The molecule has 0 radical (unpaired) electrons. The molecular weight excluding hydrogens is 262 g/mol. The minimum Gasteiger partial charge on any atom is -0.473 e. The van der Waals surface area contributed by atoms with Gasteiger partial charge in [0.15, 0.2) is 6.73 Å². The third-order valence-electron chi connectivity index (χ3n) is 1.85. The maximum Gasteiger partial charge on any atom is 0.409 e. The van der Waals surface area contributed by atoms with Crippen LogP contribution >= 0.6 is 15.9 Å². The highest BCUT2D eigenvalue weighted by Crippen LogP contribution is 2.16. The van der Waals surface area contributed by atoms with E-state index in [0.29, 0.717) is 12.3 Å². The molecule has 0 heterocycles. The predicted octanol–water partition coefficient (Wildman–Crippen LogP) is 2.79. The SMILES string of the molecule is CCN(COc1ccc(Br)cc1)C(=O)O. The van der Waals surface area contributed by atoms with Gasteiger partial charge in [0.1, 0.15) is 5.75 Å². The second-order valence-electron chi connectivity index (χ2n) is 2.87. The van der Waals surface area contributed by atoms with Gasteiger partial charge in [-0.3, -0.25) is 4.90 Å². The second kappa shape index (κ2) is 5.60. The van der Waals surface area contributed by atoms with Crippen LogP contribution < -0.4 is 4.74 Å². The van der Waals surface area contributed by atoms with Gasteiger partial charge < -0.3 is 9.84 Å². The number of carbonyl (C=O) groups is 1. The minimum atomic E-state index is -0.977. The molecule has 1 amide bonds. The van der Waals surface area contributed by atoms with Crippen molar-refractivity contribution in [1.82, 2.24) is 4.90 Å². The molecule has 1 aromatic rings. The normalized spacial score (nSPS) is 9.73. The summed E-state index contributed by atoms with van der Waals surface area (Å²) in [6.07, 6.45) is -0.977. The standard InChI is InChI=1S/C10H12BrNO3/c1-2-12(10(13)14)7-15-9-5-3-8(11)4-6-9/h3-6H,2,7H2,1H3,(H,13,14). The van der Waals surface area contributed by atoms with Crippen molar-refractivity contribution >= 4 is 22.0 Å². The van der Waals surface area contributed by atoms with Crippen LogP contribution in [0.4, 0.5) is 4.79 Å². The maximum atomic E-state index is 10.6. The van der Waals surface area contributed by atoms with Crippen molar-refractivity contribution in [3.8, 4) is 5.75 Å². The molecule has 0 fully saturated rings. The number of hydrogen-bond acceptors (Lipinski definition) is 2. The van der Waals surface area contributed by atoms with E-state index in [9.17, 15) is 4.79 Å². The van der Waals surface area contributed by atoms with Gasteiger partial charge in [0.05, 0.1) is 0 Å². The first-order chi connectivity index (χ1) is 7.13.